The minimum atomic E-state index is -2.41. The summed E-state index contributed by atoms with van der Waals surface area (Å²) in [5, 5.41) is 0. The zero-order valence-corrected chi connectivity index (χ0v) is 6.59. The summed E-state index contributed by atoms with van der Waals surface area (Å²) in [5.74, 6) is 0. The Balaban J connectivity index is 4.07. The van der Waals surface area contributed by atoms with Crippen molar-refractivity contribution in [1.82, 2.24) is 0 Å². The molecular weight excluding hydrogens is 150 g/mol. The second-order valence-corrected chi connectivity index (χ2v) is 2.20. The van der Waals surface area contributed by atoms with Crippen LogP contribution in [0.5, 0.6) is 0 Å². The van der Waals surface area contributed by atoms with Crippen LogP contribution in [0, 0.1) is 0 Å². The molecule has 64 valence electrons. The lowest BCUT2D eigenvalue weighted by Gasteiger charge is -2.03. The normalized spacial score (nSPS) is 16.3. The molecule has 0 heterocycles. The molecule has 0 aliphatic heterocycles. The van der Waals surface area contributed by atoms with Crippen molar-refractivity contribution < 1.29 is 8.78 Å². The minimum absolute atomic E-state index is 0.514. The fourth-order valence-electron chi connectivity index (χ4n) is 0.560. The minimum Gasteiger partial charge on any atom is -0.405 e. The molecule has 1 unspecified atom stereocenters. The Morgan fingerprint density at radius 3 is 2.45 bits per heavy atom. The Kier molecular flexibility index (Phi) is 4.41. The van der Waals surface area contributed by atoms with Gasteiger partial charge in [-0.15, -0.1) is 0 Å². The molecule has 0 saturated heterocycles. The first-order chi connectivity index (χ1) is 5.07. The summed E-state index contributed by atoms with van der Waals surface area (Å²) in [6, 6.07) is -0.953. The van der Waals surface area contributed by atoms with Crippen molar-refractivity contribution in [3.63, 3.8) is 0 Å². The summed E-state index contributed by atoms with van der Waals surface area (Å²) >= 11 is 0. The Labute approximate surface area is 64.8 Å². The van der Waals surface area contributed by atoms with Gasteiger partial charge in [0.05, 0.1) is 0 Å². The molecular formula is C7H12F2N2. The van der Waals surface area contributed by atoms with Crippen molar-refractivity contribution >= 4 is 5.71 Å². The molecule has 0 saturated carbocycles. The van der Waals surface area contributed by atoms with Crippen molar-refractivity contribution in [3.05, 3.63) is 12.3 Å². The second kappa shape index (κ2) is 4.82. The molecule has 0 rings (SSSR count). The number of hydrogen-bond acceptors (Lipinski definition) is 2. The lowest BCUT2D eigenvalue weighted by Crippen LogP contribution is -2.12. The molecule has 0 bridgehead atoms. The van der Waals surface area contributed by atoms with Crippen LogP contribution in [0.2, 0.25) is 0 Å². The number of hydrogen-bond donors (Lipinski definition) is 1. The van der Waals surface area contributed by atoms with Crippen LogP contribution in [0.3, 0.4) is 0 Å². The van der Waals surface area contributed by atoms with Crippen molar-refractivity contribution in [2.45, 2.75) is 26.3 Å². The molecule has 0 amide bonds. The van der Waals surface area contributed by atoms with E-state index in [2.05, 4.69) is 4.99 Å². The number of rotatable bonds is 3. The second-order valence-electron chi connectivity index (χ2n) is 2.20. The summed E-state index contributed by atoms with van der Waals surface area (Å²) in [7, 11) is 0. The Hall–Kier alpha value is -0.930. The third-order valence-corrected chi connectivity index (χ3v) is 1.11. The maximum Gasteiger partial charge on any atom is 0.260 e. The van der Waals surface area contributed by atoms with Gasteiger partial charge in [-0.1, -0.05) is 0 Å². The highest BCUT2D eigenvalue weighted by Gasteiger charge is 2.11. The average Bonchev–Trinajstić information content (AvgIpc) is 1.87. The average molecular weight is 162 g/mol. The lowest BCUT2D eigenvalue weighted by molar-refractivity contribution is 0.124. The van der Waals surface area contributed by atoms with Crippen molar-refractivity contribution in [3.8, 4) is 0 Å². The van der Waals surface area contributed by atoms with Crippen molar-refractivity contribution in [1.29, 1.82) is 0 Å². The molecule has 1 atom stereocenters. The van der Waals surface area contributed by atoms with E-state index in [0.717, 1.165) is 0 Å². The highest BCUT2D eigenvalue weighted by molar-refractivity contribution is 5.92. The fraction of sp³-hybridized carbons (Fsp3) is 0.571. The van der Waals surface area contributed by atoms with E-state index in [-0.39, 0.29) is 0 Å². The molecule has 2 N–H and O–H groups in total. The van der Waals surface area contributed by atoms with Crippen molar-refractivity contribution in [2.75, 3.05) is 0 Å². The predicted octanol–water partition coefficient (Wildman–Crippen LogP) is 1.57. The Morgan fingerprint density at radius 1 is 1.55 bits per heavy atom. The van der Waals surface area contributed by atoms with E-state index < -0.39 is 12.5 Å². The molecule has 0 fully saturated rings. The van der Waals surface area contributed by atoms with Crippen LogP contribution < -0.4 is 5.73 Å². The predicted molar refractivity (Wildman–Crippen MR) is 41.9 cm³/mol. The summed E-state index contributed by atoms with van der Waals surface area (Å²) in [6.45, 7) is 2.99. The Bertz CT molecular complexity index is 164. The first-order valence-corrected chi connectivity index (χ1v) is 3.28. The molecule has 2 nitrogen and oxygen atoms in total. The summed E-state index contributed by atoms with van der Waals surface area (Å²) in [6.07, 6.45) is 0.353. The van der Waals surface area contributed by atoms with E-state index in [1.54, 1.807) is 6.92 Å². The topological polar surface area (TPSA) is 38.4 Å². The monoisotopic (exact) mass is 162 g/mol. The van der Waals surface area contributed by atoms with Gasteiger partial charge in [0.2, 0.25) is 0 Å². The maximum absolute atomic E-state index is 11.9. The van der Waals surface area contributed by atoms with Crippen LogP contribution in [0.25, 0.3) is 0 Å². The number of nitrogens with zero attached hydrogens (tertiary/aromatic N) is 1. The zero-order chi connectivity index (χ0) is 8.85. The number of alkyl halides is 2. The van der Waals surface area contributed by atoms with E-state index in [1.807, 2.05) is 0 Å². The van der Waals surface area contributed by atoms with E-state index in [4.69, 9.17) is 5.73 Å². The van der Waals surface area contributed by atoms with Gasteiger partial charge in [0, 0.05) is 5.71 Å². The molecule has 11 heavy (non-hydrogen) atoms. The number of halogens is 2. The lowest BCUT2D eigenvalue weighted by atomic mass is 10.3. The maximum atomic E-state index is 11.9. The van der Waals surface area contributed by atoms with Gasteiger partial charge in [0.1, 0.15) is 6.04 Å². The van der Waals surface area contributed by atoms with Gasteiger partial charge in [0.25, 0.3) is 6.43 Å². The highest BCUT2D eigenvalue weighted by Crippen LogP contribution is 2.04. The molecule has 0 aromatic heterocycles. The van der Waals surface area contributed by atoms with Gasteiger partial charge in [-0.05, 0) is 26.1 Å². The van der Waals surface area contributed by atoms with E-state index in [1.165, 1.54) is 19.2 Å². The standard InChI is InChI=1S/C7H12F2N2/c1-5(3-4-10)11-6(2)7(8)9/h3-4,6-7H,10H2,1-2H3/b4-3-,11-5?. The number of nitrogens with two attached hydrogens (primary N) is 1. The molecule has 0 spiro atoms. The van der Waals surface area contributed by atoms with Crippen LogP contribution in [0.1, 0.15) is 13.8 Å². The molecule has 0 aromatic rings. The van der Waals surface area contributed by atoms with Crippen LogP contribution in [-0.4, -0.2) is 18.2 Å². The molecule has 4 heteroatoms. The van der Waals surface area contributed by atoms with Crippen LogP contribution in [0.15, 0.2) is 17.3 Å². The van der Waals surface area contributed by atoms with Gasteiger partial charge in [-0.25, -0.2) is 8.78 Å². The Morgan fingerprint density at radius 2 is 2.09 bits per heavy atom. The molecule has 0 radical (unpaired) electrons. The number of aliphatic imine (C=N–C) groups is 1. The molecule has 0 aromatic carbocycles. The van der Waals surface area contributed by atoms with Crippen LogP contribution in [0.4, 0.5) is 8.78 Å². The van der Waals surface area contributed by atoms with Crippen LogP contribution in [-0.2, 0) is 0 Å². The number of allylic oxidation sites excluding steroid dienone is 1. The van der Waals surface area contributed by atoms with E-state index >= 15 is 0 Å². The zero-order valence-electron chi connectivity index (χ0n) is 6.59. The molecule has 0 aliphatic rings. The third kappa shape index (κ3) is 4.47. The summed E-state index contributed by atoms with van der Waals surface area (Å²) in [4.78, 5) is 3.67. The van der Waals surface area contributed by atoms with Gasteiger partial charge in [-0.2, -0.15) is 0 Å². The van der Waals surface area contributed by atoms with Crippen LogP contribution >= 0.6 is 0 Å². The van der Waals surface area contributed by atoms with Gasteiger partial charge < -0.3 is 5.73 Å². The van der Waals surface area contributed by atoms with E-state index in [9.17, 15) is 8.78 Å². The quantitative estimate of drug-likeness (QED) is 0.628. The summed E-state index contributed by atoms with van der Waals surface area (Å²) in [5.41, 5.74) is 5.55. The largest absolute Gasteiger partial charge is 0.405 e. The first-order valence-electron chi connectivity index (χ1n) is 3.28. The third-order valence-electron chi connectivity index (χ3n) is 1.11. The summed E-state index contributed by atoms with van der Waals surface area (Å²) < 4.78 is 23.7. The van der Waals surface area contributed by atoms with Crippen molar-refractivity contribution in [2.24, 2.45) is 10.7 Å². The SMILES string of the molecule is CC(/C=C\N)=NC(C)C(F)F. The molecule has 0 aliphatic carbocycles. The highest BCUT2D eigenvalue weighted by atomic mass is 19.3. The fourth-order valence-corrected chi connectivity index (χ4v) is 0.560. The van der Waals surface area contributed by atoms with Gasteiger partial charge in [-0.3, -0.25) is 4.99 Å². The van der Waals surface area contributed by atoms with E-state index in [0.29, 0.717) is 5.71 Å². The van der Waals surface area contributed by atoms with Gasteiger partial charge >= 0.3 is 0 Å². The van der Waals surface area contributed by atoms with Gasteiger partial charge in [0.15, 0.2) is 0 Å². The smallest absolute Gasteiger partial charge is 0.260 e. The first kappa shape index (κ1) is 10.1.